The molecule has 10 heteroatoms. The van der Waals surface area contributed by atoms with Crippen molar-refractivity contribution in [3.8, 4) is 11.8 Å². The highest BCUT2D eigenvalue weighted by molar-refractivity contribution is 8.15. The number of pyridine rings is 1. The SMILES string of the molecule is Cc1c(C2=NC(=O)CS2)c(N)n(-c2ccccc2)c(=O)c1N=Nc1sc2c(c1C#N)CCCC2. The number of hydrogen-bond donors (Lipinski definition) is 1. The molecule has 5 rings (SSSR count). The number of carbonyl (C=O) groups is 1. The van der Waals surface area contributed by atoms with E-state index in [1.807, 2.05) is 18.2 Å². The van der Waals surface area contributed by atoms with Crippen molar-refractivity contribution in [1.82, 2.24) is 4.57 Å². The van der Waals surface area contributed by atoms with Gasteiger partial charge in [-0.25, -0.2) is 4.99 Å². The van der Waals surface area contributed by atoms with Crippen LogP contribution in [0.15, 0.2) is 50.3 Å². The number of benzene rings is 1. The zero-order valence-electron chi connectivity index (χ0n) is 18.4. The lowest BCUT2D eigenvalue weighted by Crippen LogP contribution is -2.25. The van der Waals surface area contributed by atoms with E-state index in [0.717, 1.165) is 31.2 Å². The summed E-state index contributed by atoms with van der Waals surface area (Å²) in [6, 6.07) is 11.3. The quantitative estimate of drug-likeness (QED) is 0.519. The van der Waals surface area contributed by atoms with Crippen LogP contribution in [0, 0.1) is 18.3 Å². The Morgan fingerprint density at radius 3 is 2.62 bits per heavy atom. The number of aromatic nitrogens is 1. The van der Waals surface area contributed by atoms with E-state index in [1.54, 1.807) is 19.1 Å². The van der Waals surface area contributed by atoms with Crippen LogP contribution in [0.3, 0.4) is 0 Å². The number of nitrogens with two attached hydrogens (primary N) is 1. The van der Waals surface area contributed by atoms with Gasteiger partial charge < -0.3 is 5.73 Å². The number of azo groups is 1. The van der Waals surface area contributed by atoms with Gasteiger partial charge in [0.15, 0.2) is 10.7 Å². The highest BCUT2D eigenvalue weighted by atomic mass is 32.2. The van der Waals surface area contributed by atoms with Crippen molar-refractivity contribution < 1.29 is 4.79 Å². The lowest BCUT2D eigenvalue weighted by Gasteiger charge is -2.17. The zero-order chi connectivity index (χ0) is 23.8. The van der Waals surface area contributed by atoms with Crippen LogP contribution in [0.1, 0.15) is 40.0 Å². The average molecular weight is 489 g/mol. The first kappa shape index (κ1) is 22.3. The Morgan fingerprint density at radius 2 is 1.91 bits per heavy atom. The summed E-state index contributed by atoms with van der Waals surface area (Å²) in [4.78, 5) is 30.7. The van der Waals surface area contributed by atoms with Crippen LogP contribution in [-0.2, 0) is 17.6 Å². The molecule has 0 saturated carbocycles. The summed E-state index contributed by atoms with van der Waals surface area (Å²) in [6.45, 7) is 1.73. The van der Waals surface area contributed by atoms with Crippen LogP contribution in [0.2, 0.25) is 0 Å². The summed E-state index contributed by atoms with van der Waals surface area (Å²) in [7, 11) is 0. The van der Waals surface area contributed by atoms with Gasteiger partial charge in [-0.3, -0.25) is 14.2 Å². The van der Waals surface area contributed by atoms with Crippen LogP contribution >= 0.6 is 23.1 Å². The van der Waals surface area contributed by atoms with Gasteiger partial charge in [0, 0.05) is 4.88 Å². The monoisotopic (exact) mass is 488 g/mol. The summed E-state index contributed by atoms with van der Waals surface area (Å²) >= 11 is 2.74. The van der Waals surface area contributed by atoms with E-state index < -0.39 is 5.56 Å². The number of thioether (sulfide) groups is 1. The van der Waals surface area contributed by atoms with Crippen LogP contribution < -0.4 is 11.3 Å². The highest BCUT2D eigenvalue weighted by Gasteiger charge is 2.27. The molecule has 1 aliphatic heterocycles. The molecule has 0 fully saturated rings. The van der Waals surface area contributed by atoms with Gasteiger partial charge in [0.1, 0.15) is 16.9 Å². The average Bonchev–Trinajstić information content (AvgIpc) is 3.42. The molecule has 0 unspecified atom stereocenters. The minimum Gasteiger partial charge on any atom is -0.384 e. The Kier molecular flexibility index (Phi) is 5.89. The number of nitriles is 1. The molecule has 34 heavy (non-hydrogen) atoms. The Hall–Kier alpha value is -3.55. The molecular weight excluding hydrogens is 468 g/mol. The van der Waals surface area contributed by atoms with Crippen molar-refractivity contribution in [2.45, 2.75) is 32.6 Å². The molecule has 0 saturated heterocycles. The fourth-order valence-corrected chi connectivity index (χ4v) is 6.34. The first-order valence-electron chi connectivity index (χ1n) is 10.8. The molecule has 3 heterocycles. The number of fused-ring (bicyclic) bond motifs is 1. The fourth-order valence-electron chi connectivity index (χ4n) is 4.29. The summed E-state index contributed by atoms with van der Waals surface area (Å²) in [6.07, 6.45) is 3.94. The molecule has 2 aliphatic rings. The van der Waals surface area contributed by atoms with E-state index in [2.05, 4.69) is 21.3 Å². The Bertz CT molecular complexity index is 1480. The predicted octanol–water partition coefficient (Wildman–Crippen LogP) is 4.98. The van der Waals surface area contributed by atoms with Crippen molar-refractivity contribution in [3.05, 3.63) is 67.8 Å². The van der Waals surface area contributed by atoms with Crippen LogP contribution in [0.25, 0.3) is 5.69 Å². The molecular formula is C24H20N6O2S2. The maximum absolute atomic E-state index is 13.6. The third kappa shape index (κ3) is 3.77. The van der Waals surface area contributed by atoms with Crippen molar-refractivity contribution in [1.29, 1.82) is 5.26 Å². The fraction of sp³-hybridized carbons (Fsp3) is 0.250. The number of carbonyl (C=O) groups excluding carboxylic acids is 1. The molecule has 0 radical (unpaired) electrons. The van der Waals surface area contributed by atoms with Crippen LogP contribution in [0.4, 0.5) is 16.5 Å². The molecule has 1 amide bonds. The van der Waals surface area contributed by atoms with Gasteiger partial charge in [0.25, 0.3) is 11.5 Å². The summed E-state index contributed by atoms with van der Waals surface area (Å²) in [5, 5.41) is 19.4. The van der Waals surface area contributed by atoms with E-state index in [9.17, 15) is 14.9 Å². The molecule has 2 N–H and O–H groups in total. The van der Waals surface area contributed by atoms with Gasteiger partial charge in [-0.15, -0.1) is 21.6 Å². The number of thiophene rings is 1. The number of aryl methyl sites for hydroxylation is 1. The second-order valence-corrected chi connectivity index (χ2v) is 10.1. The molecule has 0 bridgehead atoms. The number of para-hydroxylation sites is 1. The largest absolute Gasteiger partial charge is 0.384 e. The molecule has 3 aromatic rings. The zero-order valence-corrected chi connectivity index (χ0v) is 20.0. The van der Waals surface area contributed by atoms with Crippen molar-refractivity contribution in [2.75, 3.05) is 11.5 Å². The summed E-state index contributed by atoms with van der Waals surface area (Å²) in [5.41, 5.74) is 9.32. The van der Waals surface area contributed by atoms with Gasteiger partial charge >= 0.3 is 0 Å². The van der Waals surface area contributed by atoms with Gasteiger partial charge in [-0.1, -0.05) is 30.0 Å². The van der Waals surface area contributed by atoms with Gasteiger partial charge in [0.05, 0.1) is 22.6 Å². The summed E-state index contributed by atoms with van der Waals surface area (Å²) < 4.78 is 1.37. The maximum atomic E-state index is 13.6. The Morgan fingerprint density at radius 1 is 1.15 bits per heavy atom. The smallest absolute Gasteiger partial charge is 0.284 e. The molecule has 1 aromatic carbocycles. The maximum Gasteiger partial charge on any atom is 0.284 e. The minimum absolute atomic E-state index is 0.103. The van der Waals surface area contributed by atoms with Crippen molar-refractivity contribution in [2.24, 2.45) is 15.2 Å². The first-order chi connectivity index (χ1) is 16.5. The molecule has 8 nitrogen and oxygen atoms in total. The number of nitrogens with zero attached hydrogens (tertiary/aromatic N) is 5. The lowest BCUT2D eigenvalue weighted by molar-refractivity contribution is -0.115. The van der Waals surface area contributed by atoms with Gasteiger partial charge in [0.2, 0.25) is 0 Å². The number of nitrogen functional groups attached to an aromatic ring is 1. The lowest BCUT2D eigenvalue weighted by atomic mass is 9.96. The number of hydrogen-bond acceptors (Lipinski definition) is 8. The molecule has 0 spiro atoms. The van der Waals surface area contributed by atoms with Gasteiger partial charge in [-0.05, 0) is 55.9 Å². The molecule has 0 atom stereocenters. The van der Waals surface area contributed by atoms with E-state index >= 15 is 0 Å². The molecule has 1 aliphatic carbocycles. The predicted molar refractivity (Wildman–Crippen MR) is 135 cm³/mol. The number of rotatable bonds is 4. The molecule has 170 valence electrons. The molecule has 2 aromatic heterocycles. The second-order valence-electron chi connectivity index (χ2n) is 8.01. The number of anilines is 1. The van der Waals surface area contributed by atoms with Crippen molar-refractivity contribution >= 4 is 50.6 Å². The normalized spacial score (nSPS) is 15.4. The highest BCUT2D eigenvalue weighted by Crippen LogP contribution is 2.40. The van der Waals surface area contributed by atoms with E-state index in [0.29, 0.717) is 32.4 Å². The summed E-state index contributed by atoms with van der Waals surface area (Å²) in [5.74, 6) is 0.169. The second kappa shape index (κ2) is 9.00. The van der Waals surface area contributed by atoms with Crippen molar-refractivity contribution in [3.63, 3.8) is 0 Å². The third-order valence-electron chi connectivity index (χ3n) is 5.93. The number of amides is 1. The van der Waals surface area contributed by atoms with Crippen LogP contribution in [-0.4, -0.2) is 21.3 Å². The minimum atomic E-state index is -0.427. The van der Waals surface area contributed by atoms with E-state index in [4.69, 9.17) is 5.73 Å². The number of aliphatic imine (C=N–C) groups is 1. The van der Waals surface area contributed by atoms with E-state index in [1.165, 1.54) is 32.5 Å². The Labute approximate surface area is 203 Å². The van der Waals surface area contributed by atoms with E-state index in [-0.39, 0.29) is 23.2 Å². The topological polar surface area (TPSA) is 126 Å². The van der Waals surface area contributed by atoms with Gasteiger partial charge in [-0.2, -0.15) is 5.26 Å². The van der Waals surface area contributed by atoms with Crippen LogP contribution in [0.5, 0.6) is 0 Å². The third-order valence-corrected chi connectivity index (χ3v) is 8.06. The Balaban J connectivity index is 1.71. The first-order valence-corrected chi connectivity index (χ1v) is 12.6. The standard InChI is InChI=1S/C24H20N6O2S2/c1-13-19(23-27-18(31)12-33-23)21(26)30(14-7-3-2-4-8-14)24(32)20(13)28-29-22-16(11-25)15-9-5-6-10-17(15)34-22/h2-4,7-8H,5-6,9-10,12,26H2,1H3.